The maximum absolute atomic E-state index is 12.6. The highest BCUT2D eigenvalue weighted by atomic mass is 28.4. The zero-order chi connectivity index (χ0) is 25.8. The van der Waals surface area contributed by atoms with Crippen LogP contribution >= 0.6 is 0 Å². The van der Waals surface area contributed by atoms with Crippen LogP contribution in [0, 0.1) is 0 Å². The van der Waals surface area contributed by atoms with Gasteiger partial charge in [-0.1, -0.05) is 63.3 Å². The van der Waals surface area contributed by atoms with Gasteiger partial charge in [-0.3, -0.25) is 0 Å². The van der Waals surface area contributed by atoms with Gasteiger partial charge in [0.25, 0.3) is 0 Å². The molecule has 1 heterocycles. The SMILES string of the molecule is CCO[Si](C)(CCCCCCCCOc1ccc2cc(-c3ccc(CC)cc3)c(=O)oc2c1)OCC. The highest BCUT2D eigenvalue weighted by Gasteiger charge is 2.29. The van der Waals surface area contributed by atoms with Crippen LogP contribution in [0.1, 0.15) is 64.9 Å². The second-order valence-corrected chi connectivity index (χ2v) is 12.8. The molecule has 5 nitrogen and oxygen atoms in total. The molecule has 196 valence electrons. The topological polar surface area (TPSA) is 57.9 Å². The summed E-state index contributed by atoms with van der Waals surface area (Å²) in [7, 11) is -1.96. The highest BCUT2D eigenvalue weighted by Crippen LogP contribution is 2.25. The average molecular weight is 511 g/mol. The molecular weight excluding hydrogens is 468 g/mol. The molecule has 3 rings (SSSR count). The van der Waals surface area contributed by atoms with Gasteiger partial charge in [0.2, 0.25) is 0 Å². The van der Waals surface area contributed by atoms with E-state index in [1.54, 1.807) is 0 Å². The second kappa shape index (κ2) is 14.4. The normalized spacial score (nSPS) is 11.8. The maximum atomic E-state index is 12.6. The third-order valence-corrected chi connectivity index (χ3v) is 9.63. The van der Waals surface area contributed by atoms with Crippen molar-refractivity contribution < 1.29 is 18.0 Å². The quantitative estimate of drug-likeness (QED) is 0.111. The van der Waals surface area contributed by atoms with Crippen molar-refractivity contribution in [3.63, 3.8) is 0 Å². The Morgan fingerprint density at radius 2 is 1.47 bits per heavy atom. The van der Waals surface area contributed by atoms with Crippen LogP contribution in [0.15, 0.2) is 57.7 Å². The molecule has 0 saturated carbocycles. The molecule has 0 unspecified atom stereocenters. The van der Waals surface area contributed by atoms with Gasteiger partial charge in [-0.2, -0.15) is 0 Å². The number of aryl methyl sites for hydroxylation is 1. The summed E-state index contributed by atoms with van der Waals surface area (Å²) in [5.41, 5.74) is 2.94. The predicted octanol–water partition coefficient (Wildman–Crippen LogP) is 7.89. The molecule has 3 aromatic rings. The smallest absolute Gasteiger partial charge is 0.344 e. The van der Waals surface area contributed by atoms with Crippen molar-refractivity contribution in [2.24, 2.45) is 0 Å². The summed E-state index contributed by atoms with van der Waals surface area (Å²) >= 11 is 0. The summed E-state index contributed by atoms with van der Waals surface area (Å²) in [5.74, 6) is 0.738. The molecule has 0 bridgehead atoms. The van der Waals surface area contributed by atoms with Crippen molar-refractivity contribution in [3.8, 4) is 16.9 Å². The van der Waals surface area contributed by atoms with E-state index in [-0.39, 0.29) is 5.63 Å². The van der Waals surface area contributed by atoms with Crippen molar-refractivity contribution in [2.75, 3.05) is 19.8 Å². The van der Waals surface area contributed by atoms with Crippen LogP contribution in [0.25, 0.3) is 22.1 Å². The van der Waals surface area contributed by atoms with Crippen molar-refractivity contribution >= 4 is 19.5 Å². The zero-order valence-corrected chi connectivity index (χ0v) is 23.4. The van der Waals surface area contributed by atoms with E-state index in [2.05, 4.69) is 25.6 Å². The fourth-order valence-corrected chi connectivity index (χ4v) is 7.03. The Morgan fingerprint density at radius 1 is 0.806 bits per heavy atom. The van der Waals surface area contributed by atoms with E-state index >= 15 is 0 Å². The molecule has 0 aliphatic carbocycles. The highest BCUT2D eigenvalue weighted by molar-refractivity contribution is 6.66. The molecule has 0 fully saturated rings. The summed E-state index contributed by atoms with van der Waals surface area (Å²) in [6.07, 6.45) is 7.96. The summed E-state index contributed by atoms with van der Waals surface area (Å²) in [4.78, 5) is 12.6. The first-order chi connectivity index (χ1) is 17.5. The van der Waals surface area contributed by atoms with Gasteiger partial charge in [0.15, 0.2) is 0 Å². The van der Waals surface area contributed by atoms with Crippen LogP contribution in [0.2, 0.25) is 12.6 Å². The number of rotatable bonds is 16. The largest absolute Gasteiger partial charge is 0.493 e. The standard InChI is InChI=1S/C30H42O5Si/c1-5-24-14-16-25(17-15-24)28-22-26-18-19-27(23-29(26)35-30(28)31)32-20-12-10-8-9-11-13-21-36(4,33-6-2)34-7-3/h14-19,22-23H,5-13,20-21H2,1-4H3. The molecular formula is C30H42O5Si. The lowest BCUT2D eigenvalue weighted by molar-refractivity contribution is 0.188. The fraction of sp³-hybridized carbons (Fsp3) is 0.500. The number of benzene rings is 2. The van der Waals surface area contributed by atoms with Gasteiger partial charge < -0.3 is 18.0 Å². The number of hydrogen-bond acceptors (Lipinski definition) is 5. The monoisotopic (exact) mass is 510 g/mol. The molecule has 2 aromatic carbocycles. The average Bonchev–Trinajstić information content (AvgIpc) is 2.87. The molecule has 0 aliphatic rings. The van der Waals surface area contributed by atoms with E-state index in [9.17, 15) is 4.79 Å². The van der Waals surface area contributed by atoms with E-state index in [0.717, 1.165) is 55.2 Å². The van der Waals surface area contributed by atoms with Crippen LogP contribution in [-0.2, 0) is 15.3 Å². The molecule has 0 saturated heterocycles. The Labute approximate surface area is 217 Å². The minimum absolute atomic E-state index is 0.325. The fourth-order valence-electron chi connectivity index (χ4n) is 4.54. The van der Waals surface area contributed by atoms with Crippen LogP contribution in [0.3, 0.4) is 0 Å². The van der Waals surface area contributed by atoms with Crippen molar-refractivity contribution in [1.29, 1.82) is 0 Å². The van der Waals surface area contributed by atoms with Gasteiger partial charge in [0.05, 0.1) is 12.2 Å². The Morgan fingerprint density at radius 3 is 2.14 bits per heavy atom. The molecule has 0 radical (unpaired) electrons. The van der Waals surface area contributed by atoms with Gasteiger partial charge in [-0.25, -0.2) is 4.79 Å². The van der Waals surface area contributed by atoms with Gasteiger partial charge in [-0.05, 0) is 68.6 Å². The van der Waals surface area contributed by atoms with E-state index < -0.39 is 8.56 Å². The van der Waals surface area contributed by atoms with Crippen molar-refractivity contribution in [2.45, 2.75) is 78.3 Å². The van der Waals surface area contributed by atoms with Gasteiger partial charge in [0, 0.05) is 24.7 Å². The molecule has 0 amide bonds. The van der Waals surface area contributed by atoms with Crippen LogP contribution in [0.4, 0.5) is 0 Å². The summed E-state index contributed by atoms with van der Waals surface area (Å²) < 4.78 is 23.4. The molecule has 36 heavy (non-hydrogen) atoms. The van der Waals surface area contributed by atoms with Crippen LogP contribution < -0.4 is 10.4 Å². The number of unbranched alkanes of at least 4 members (excludes halogenated alkanes) is 5. The minimum atomic E-state index is -1.96. The van der Waals surface area contributed by atoms with Crippen LogP contribution in [0.5, 0.6) is 5.75 Å². The molecule has 1 aromatic heterocycles. The first kappa shape index (κ1) is 28.2. The van der Waals surface area contributed by atoms with E-state index in [0.29, 0.717) is 17.8 Å². The first-order valence-corrected chi connectivity index (χ1v) is 16.1. The number of ether oxygens (including phenoxy) is 1. The Kier molecular flexibility index (Phi) is 11.2. The Balaban J connectivity index is 1.41. The second-order valence-electron chi connectivity index (χ2n) is 9.42. The van der Waals surface area contributed by atoms with E-state index in [4.69, 9.17) is 18.0 Å². The molecule has 0 aliphatic heterocycles. The van der Waals surface area contributed by atoms with E-state index in [1.807, 2.05) is 50.2 Å². The third-order valence-electron chi connectivity index (χ3n) is 6.57. The lowest BCUT2D eigenvalue weighted by Crippen LogP contribution is -2.38. The molecule has 0 N–H and O–H groups in total. The molecule has 0 atom stereocenters. The number of hydrogen-bond donors (Lipinski definition) is 0. The lowest BCUT2D eigenvalue weighted by Gasteiger charge is -2.25. The summed E-state index contributed by atoms with van der Waals surface area (Å²) in [6.45, 7) is 10.5. The minimum Gasteiger partial charge on any atom is -0.493 e. The van der Waals surface area contributed by atoms with E-state index in [1.165, 1.54) is 31.2 Å². The van der Waals surface area contributed by atoms with Crippen molar-refractivity contribution in [3.05, 3.63) is 64.5 Å². The Bertz CT molecular complexity index is 1120. The summed E-state index contributed by atoms with van der Waals surface area (Å²) in [6, 6.07) is 16.8. The Hall–Kier alpha value is -2.41. The van der Waals surface area contributed by atoms with Crippen molar-refractivity contribution in [1.82, 2.24) is 0 Å². The molecule has 6 heteroatoms. The third kappa shape index (κ3) is 8.32. The maximum Gasteiger partial charge on any atom is 0.344 e. The molecule has 0 spiro atoms. The van der Waals surface area contributed by atoms with Crippen LogP contribution in [-0.4, -0.2) is 28.4 Å². The van der Waals surface area contributed by atoms with Gasteiger partial charge in [-0.15, -0.1) is 0 Å². The summed E-state index contributed by atoms with van der Waals surface area (Å²) in [5, 5.41) is 0.893. The first-order valence-electron chi connectivity index (χ1n) is 13.6. The number of fused-ring (bicyclic) bond motifs is 1. The predicted molar refractivity (Wildman–Crippen MR) is 150 cm³/mol. The lowest BCUT2D eigenvalue weighted by atomic mass is 10.0. The van der Waals surface area contributed by atoms with Gasteiger partial charge >= 0.3 is 14.2 Å². The van der Waals surface area contributed by atoms with Gasteiger partial charge in [0.1, 0.15) is 11.3 Å². The zero-order valence-electron chi connectivity index (χ0n) is 22.4.